The molecular weight excluding hydrogens is 404 g/mol. The lowest BCUT2D eigenvalue weighted by molar-refractivity contribution is -0.385. The number of benzene rings is 1. The quantitative estimate of drug-likeness (QED) is 0.500. The lowest BCUT2D eigenvalue weighted by Crippen LogP contribution is -2.38. The number of hydrogen-bond donors (Lipinski definition) is 3. The van der Waals surface area contributed by atoms with Crippen LogP contribution < -0.4 is 21.1 Å². The number of hydrogen-bond acceptors (Lipinski definition) is 7. The second-order valence-corrected chi connectivity index (χ2v) is 7.75. The summed E-state index contributed by atoms with van der Waals surface area (Å²) in [6.07, 6.45) is 2.87. The van der Waals surface area contributed by atoms with Crippen LogP contribution in [0.2, 0.25) is 0 Å². The molecule has 0 aliphatic carbocycles. The second kappa shape index (κ2) is 8.17. The Labute approximate surface area is 177 Å². The number of H-pyrrole nitrogens is 1. The van der Waals surface area contributed by atoms with Crippen molar-refractivity contribution >= 4 is 35.0 Å². The van der Waals surface area contributed by atoms with Gasteiger partial charge in [-0.2, -0.15) is 4.98 Å². The molecule has 1 aromatic heterocycles. The molecule has 2 aliphatic rings. The summed E-state index contributed by atoms with van der Waals surface area (Å²) in [4.78, 5) is 57.7. The van der Waals surface area contributed by atoms with E-state index in [0.717, 1.165) is 32.4 Å². The highest BCUT2D eigenvalue weighted by atomic mass is 16.6. The Morgan fingerprint density at radius 2 is 2.00 bits per heavy atom. The molecule has 2 aromatic rings. The zero-order chi connectivity index (χ0) is 22.1. The van der Waals surface area contributed by atoms with Crippen molar-refractivity contribution in [3.63, 3.8) is 0 Å². The van der Waals surface area contributed by atoms with Gasteiger partial charge in [-0.05, 0) is 32.3 Å². The molecule has 162 valence electrons. The minimum Gasteiger partial charge on any atom is -0.342 e. The van der Waals surface area contributed by atoms with Gasteiger partial charge in [-0.25, -0.2) is 0 Å². The Morgan fingerprint density at radius 3 is 2.71 bits per heavy atom. The maximum absolute atomic E-state index is 12.9. The van der Waals surface area contributed by atoms with Crippen LogP contribution in [0.15, 0.2) is 23.0 Å². The van der Waals surface area contributed by atoms with E-state index in [1.54, 1.807) is 6.92 Å². The number of carbonyl (C=O) groups is 2. The monoisotopic (exact) mass is 426 g/mol. The second-order valence-electron chi connectivity index (χ2n) is 7.75. The molecule has 11 nitrogen and oxygen atoms in total. The summed E-state index contributed by atoms with van der Waals surface area (Å²) in [6, 6.07) is 4.31. The number of fused-ring (bicyclic) bond motifs is 1. The molecule has 0 spiro atoms. The average Bonchev–Trinajstić information content (AvgIpc) is 2.74. The summed E-state index contributed by atoms with van der Waals surface area (Å²) in [5.41, 5.74) is 0.130. The molecule has 31 heavy (non-hydrogen) atoms. The molecule has 11 heteroatoms. The first-order chi connectivity index (χ1) is 14.8. The number of aryl methyl sites for hydroxylation is 1. The number of aromatic amines is 1. The topological polar surface area (TPSA) is 150 Å². The van der Waals surface area contributed by atoms with E-state index in [1.165, 1.54) is 18.2 Å². The fourth-order valence-electron chi connectivity index (χ4n) is 3.95. The number of anilines is 3. The maximum Gasteiger partial charge on any atom is 0.274 e. The first-order valence-corrected chi connectivity index (χ1v) is 10.1. The Bertz CT molecular complexity index is 1120. The van der Waals surface area contributed by atoms with Crippen LogP contribution in [0.3, 0.4) is 0 Å². The van der Waals surface area contributed by atoms with Crippen molar-refractivity contribution in [1.29, 1.82) is 0 Å². The van der Waals surface area contributed by atoms with E-state index in [9.17, 15) is 24.5 Å². The first-order valence-electron chi connectivity index (χ1n) is 10.1. The van der Waals surface area contributed by atoms with Crippen LogP contribution in [0.1, 0.15) is 42.7 Å². The van der Waals surface area contributed by atoms with Crippen molar-refractivity contribution in [2.75, 3.05) is 28.6 Å². The molecule has 0 radical (unpaired) electrons. The van der Waals surface area contributed by atoms with E-state index in [1.807, 2.05) is 4.90 Å². The van der Waals surface area contributed by atoms with E-state index in [-0.39, 0.29) is 29.2 Å². The maximum atomic E-state index is 12.9. The highest BCUT2D eigenvalue weighted by molar-refractivity contribution is 6.04. The molecule has 3 heterocycles. The number of nitrogens with one attached hydrogen (secondary N) is 3. The zero-order valence-corrected chi connectivity index (χ0v) is 16.9. The Kier molecular flexibility index (Phi) is 5.40. The number of nitro benzene ring substituents is 1. The SMILES string of the molecule is Cc1ccc(NC(=O)[C@@H]2CC(=O)Nc3nc(N4CCCCC4)[nH]c(=O)c32)cc1[N+](=O)[O-]. The van der Waals surface area contributed by atoms with Gasteiger partial charge in [-0.15, -0.1) is 0 Å². The van der Waals surface area contributed by atoms with E-state index >= 15 is 0 Å². The van der Waals surface area contributed by atoms with Crippen molar-refractivity contribution in [2.24, 2.45) is 0 Å². The standard InChI is InChI=1S/C20H22N6O5/c1-11-5-6-12(9-14(11)26(30)31)21-18(28)13-10-15(27)22-17-16(13)19(29)24-20(23-17)25-7-3-2-4-8-25/h5-6,9,13H,2-4,7-8,10H2,1H3,(H,21,28)(H2,22,23,24,27,29)/t13-/m1/s1. The number of piperidine rings is 1. The lowest BCUT2D eigenvalue weighted by atomic mass is 9.92. The predicted molar refractivity (Wildman–Crippen MR) is 113 cm³/mol. The van der Waals surface area contributed by atoms with Crippen molar-refractivity contribution < 1.29 is 14.5 Å². The van der Waals surface area contributed by atoms with Crippen LogP contribution in [0, 0.1) is 17.0 Å². The molecule has 1 saturated heterocycles. The molecule has 0 unspecified atom stereocenters. The normalized spacial score (nSPS) is 18.2. The van der Waals surface area contributed by atoms with Crippen molar-refractivity contribution in [2.45, 2.75) is 38.5 Å². The van der Waals surface area contributed by atoms with Crippen LogP contribution in [-0.4, -0.2) is 39.8 Å². The van der Waals surface area contributed by atoms with E-state index < -0.39 is 28.2 Å². The third kappa shape index (κ3) is 4.11. The molecule has 1 atom stereocenters. The van der Waals surface area contributed by atoms with Crippen LogP contribution in [0.5, 0.6) is 0 Å². The largest absolute Gasteiger partial charge is 0.342 e. The van der Waals surface area contributed by atoms with Gasteiger partial charge in [0.05, 0.1) is 16.4 Å². The molecule has 3 N–H and O–H groups in total. The summed E-state index contributed by atoms with van der Waals surface area (Å²) in [5, 5.41) is 16.3. The summed E-state index contributed by atoms with van der Waals surface area (Å²) >= 11 is 0. The van der Waals surface area contributed by atoms with Gasteiger partial charge in [0.15, 0.2) is 0 Å². The van der Waals surface area contributed by atoms with Gasteiger partial charge in [-0.1, -0.05) is 6.07 Å². The summed E-state index contributed by atoms with van der Waals surface area (Å²) in [6.45, 7) is 3.11. The molecular formula is C20H22N6O5. The molecule has 0 saturated carbocycles. The van der Waals surface area contributed by atoms with Crippen molar-refractivity contribution in [3.05, 3.63) is 49.8 Å². The fourth-order valence-corrected chi connectivity index (χ4v) is 3.95. The molecule has 2 amide bonds. The number of aromatic nitrogens is 2. The Hall–Kier alpha value is -3.76. The third-order valence-electron chi connectivity index (χ3n) is 5.58. The number of nitrogens with zero attached hydrogens (tertiary/aromatic N) is 3. The van der Waals surface area contributed by atoms with E-state index in [4.69, 9.17) is 0 Å². The molecule has 1 aromatic carbocycles. The Morgan fingerprint density at radius 1 is 1.26 bits per heavy atom. The van der Waals surface area contributed by atoms with Gasteiger partial charge in [-0.3, -0.25) is 29.5 Å². The van der Waals surface area contributed by atoms with Gasteiger partial charge in [0.2, 0.25) is 17.8 Å². The molecule has 4 rings (SSSR count). The predicted octanol–water partition coefficient (Wildman–Crippen LogP) is 2.04. The van der Waals surface area contributed by atoms with Gasteiger partial charge < -0.3 is 15.5 Å². The summed E-state index contributed by atoms with van der Waals surface area (Å²) in [5.74, 6) is -1.64. The van der Waals surface area contributed by atoms with Crippen LogP contribution in [-0.2, 0) is 9.59 Å². The lowest BCUT2D eigenvalue weighted by Gasteiger charge is -2.29. The average molecular weight is 426 g/mol. The number of amides is 2. The van der Waals surface area contributed by atoms with Gasteiger partial charge >= 0.3 is 0 Å². The first kappa shape index (κ1) is 20.5. The smallest absolute Gasteiger partial charge is 0.274 e. The highest BCUT2D eigenvalue weighted by Crippen LogP contribution is 2.31. The van der Waals surface area contributed by atoms with Gasteiger partial charge in [0, 0.05) is 36.8 Å². The third-order valence-corrected chi connectivity index (χ3v) is 5.58. The summed E-state index contributed by atoms with van der Waals surface area (Å²) < 4.78 is 0. The van der Waals surface area contributed by atoms with Crippen molar-refractivity contribution in [1.82, 2.24) is 9.97 Å². The highest BCUT2D eigenvalue weighted by Gasteiger charge is 2.35. The van der Waals surface area contributed by atoms with Crippen molar-refractivity contribution in [3.8, 4) is 0 Å². The zero-order valence-electron chi connectivity index (χ0n) is 16.9. The van der Waals surface area contributed by atoms with Crippen LogP contribution in [0.4, 0.5) is 23.1 Å². The van der Waals surface area contributed by atoms with Gasteiger partial charge in [0.25, 0.3) is 11.2 Å². The summed E-state index contributed by atoms with van der Waals surface area (Å²) in [7, 11) is 0. The molecule has 0 bridgehead atoms. The minimum atomic E-state index is -1.06. The van der Waals surface area contributed by atoms with Crippen LogP contribution >= 0.6 is 0 Å². The fraction of sp³-hybridized carbons (Fsp3) is 0.400. The number of rotatable bonds is 4. The van der Waals surface area contributed by atoms with Gasteiger partial charge in [0.1, 0.15) is 5.82 Å². The molecule has 2 aliphatic heterocycles. The van der Waals surface area contributed by atoms with E-state index in [2.05, 4.69) is 20.6 Å². The Balaban J connectivity index is 1.64. The minimum absolute atomic E-state index is 0.0793. The molecule has 1 fully saturated rings. The number of carbonyl (C=O) groups excluding carboxylic acids is 2. The number of nitro groups is 1. The van der Waals surface area contributed by atoms with Crippen LogP contribution in [0.25, 0.3) is 0 Å². The van der Waals surface area contributed by atoms with E-state index in [0.29, 0.717) is 11.5 Å².